The zero-order chi connectivity index (χ0) is 20.8. The molecule has 0 spiro atoms. The molecule has 0 unspecified atom stereocenters. The Morgan fingerprint density at radius 3 is 2.79 bits per heavy atom. The van der Waals surface area contributed by atoms with Gasteiger partial charge in [0, 0.05) is 11.8 Å². The molecule has 3 fully saturated rings. The quantitative estimate of drug-likeness (QED) is 0.459. The van der Waals surface area contributed by atoms with E-state index in [0.717, 1.165) is 37.0 Å². The third-order valence-corrected chi connectivity index (χ3v) is 10.0. The first-order valence-electron chi connectivity index (χ1n) is 12.4. The largest absolute Gasteiger partial charge is 0.466 e. The third kappa shape index (κ3) is 3.40. The Balaban J connectivity index is 1.50. The zero-order valence-corrected chi connectivity index (χ0v) is 19.1. The molecule has 1 N–H and O–H groups in total. The molecule has 4 aliphatic rings. The standard InChI is InChI=1S/C26H42O3/c1-5-29-24(28)14-9-17(2)20-12-13-21-19-11-10-18-7-6-8-23(27)26(18,4)22(19)15-16-25(20,21)3/h10,17,19-23,27H,5-9,11-16H2,1-4H3/t17-,19-,20+,21-,22-,23+,25+,26+/m1/s1. The zero-order valence-electron chi connectivity index (χ0n) is 19.1. The highest BCUT2D eigenvalue weighted by molar-refractivity contribution is 5.69. The van der Waals surface area contributed by atoms with Crippen LogP contribution < -0.4 is 0 Å². The Labute approximate surface area is 177 Å². The van der Waals surface area contributed by atoms with E-state index in [1.807, 2.05) is 6.92 Å². The third-order valence-electron chi connectivity index (χ3n) is 10.0. The van der Waals surface area contributed by atoms with Crippen LogP contribution in [0.4, 0.5) is 0 Å². The lowest BCUT2D eigenvalue weighted by Crippen LogP contribution is -2.54. The van der Waals surface area contributed by atoms with Crippen LogP contribution in [0.15, 0.2) is 11.6 Å². The highest BCUT2D eigenvalue weighted by Crippen LogP contribution is 2.67. The minimum Gasteiger partial charge on any atom is -0.466 e. The number of aliphatic hydroxyl groups is 1. The fraction of sp³-hybridized carbons (Fsp3) is 0.885. The SMILES string of the molecule is CCOC(=O)CC[C@@H](C)[C@@H]1CC[C@@H]2[C@H]3CC=C4CCC[C@H](O)[C@]4(C)[C@@H]3CC[C@]21C. The maximum atomic E-state index is 11.9. The number of hydrogen-bond acceptors (Lipinski definition) is 3. The van der Waals surface area contributed by atoms with Gasteiger partial charge in [0.05, 0.1) is 12.7 Å². The summed E-state index contributed by atoms with van der Waals surface area (Å²) in [4.78, 5) is 11.9. The van der Waals surface area contributed by atoms with Crippen molar-refractivity contribution < 1.29 is 14.6 Å². The molecule has 0 aliphatic heterocycles. The number of fused-ring (bicyclic) bond motifs is 5. The van der Waals surface area contributed by atoms with Crippen molar-refractivity contribution in [3.05, 3.63) is 11.6 Å². The predicted molar refractivity (Wildman–Crippen MR) is 116 cm³/mol. The molecule has 4 rings (SSSR count). The fourth-order valence-electron chi connectivity index (χ4n) is 8.47. The lowest BCUT2D eigenvalue weighted by Gasteiger charge is -2.59. The van der Waals surface area contributed by atoms with Crippen molar-refractivity contribution in [3.63, 3.8) is 0 Å². The lowest BCUT2D eigenvalue weighted by atomic mass is 9.46. The van der Waals surface area contributed by atoms with Crippen LogP contribution in [0.3, 0.4) is 0 Å². The minimum atomic E-state index is -0.152. The topological polar surface area (TPSA) is 46.5 Å². The number of hydrogen-bond donors (Lipinski definition) is 1. The predicted octanol–water partition coefficient (Wildman–Crippen LogP) is 5.91. The van der Waals surface area contributed by atoms with Gasteiger partial charge in [0.25, 0.3) is 0 Å². The van der Waals surface area contributed by atoms with Gasteiger partial charge in [-0.15, -0.1) is 0 Å². The average Bonchev–Trinajstić information content (AvgIpc) is 3.05. The van der Waals surface area contributed by atoms with Gasteiger partial charge in [0.15, 0.2) is 0 Å². The summed E-state index contributed by atoms with van der Waals surface area (Å²) in [5.41, 5.74) is 1.99. The van der Waals surface area contributed by atoms with Gasteiger partial charge in [-0.2, -0.15) is 0 Å². The molecule has 0 saturated heterocycles. The molecule has 29 heavy (non-hydrogen) atoms. The summed E-state index contributed by atoms with van der Waals surface area (Å²) < 4.78 is 5.16. The molecule has 3 saturated carbocycles. The number of allylic oxidation sites excluding steroid dienone is 1. The summed E-state index contributed by atoms with van der Waals surface area (Å²) >= 11 is 0. The summed E-state index contributed by atoms with van der Waals surface area (Å²) in [7, 11) is 0. The molecule has 3 heteroatoms. The van der Waals surface area contributed by atoms with E-state index in [1.54, 1.807) is 5.57 Å². The van der Waals surface area contributed by atoms with Crippen LogP contribution in [0.5, 0.6) is 0 Å². The number of carbonyl (C=O) groups excluding carboxylic acids is 1. The summed E-state index contributed by atoms with van der Waals surface area (Å²) in [6.07, 6.45) is 13.7. The van der Waals surface area contributed by atoms with Crippen molar-refractivity contribution in [2.75, 3.05) is 6.61 Å². The van der Waals surface area contributed by atoms with Crippen LogP contribution in [0.2, 0.25) is 0 Å². The smallest absolute Gasteiger partial charge is 0.305 e. The summed E-state index contributed by atoms with van der Waals surface area (Å²) in [6.45, 7) is 9.69. The molecule has 4 aliphatic carbocycles. The second-order valence-electron chi connectivity index (χ2n) is 11.1. The highest BCUT2D eigenvalue weighted by Gasteiger charge is 2.60. The molecule has 0 aromatic heterocycles. The summed E-state index contributed by atoms with van der Waals surface area (Å²) in [5, 5.41) is 11.0. The van der Waals surface area contributed by atoms with Crippen molar-refractivity contribution in [2.45, 2.75) is 98.0 Å². The molecular weight excluding hydrogens is 360 g/mol. The minimum absolute atomic E-state index is 0.0239. The molecule has 8 atom stereocenters. The van der Waals surface area contributed by atoms with Crippen LogP contribution >= 0.6 is 0 Å². The van der Waals surface area contributed by atoms with Crippen molar-refractivity contribution in [3.8, 4) is 0 Å². The van der Waals surface area contributed by atoms with E-state index in [0.29, 0.717) is 30.3 Å². The van der Waals surface area contributed by atoms with Gasteiger partial charge >= 0.3 is 5.97 Å². The van der Waals surface area contributed by atoms with Gasteiger partial charge in [-0.25, -0.2) is 0 Å². The van der Waals surface area contributed by atoms with Crippen molar-refractivity contribution in [1.29, 1.82) is 0 Å². The first-order chi connectivity index (χ1) is 13.8. The van der Waals surface area contributed by atoms with Gasteiger partial charge in [-0.1, -0.05) is 32.4 Å². The van der Waals surface area contributed by atoms with Crippen molar-refractivity contribution >= 4 is 5.97 Å². The molecule has 0 bridgehead atoms. The molecule has 0 amide bonds. The molecule has 0 aromatic rings. The second-order valence-corrected chi connectivity index (χ2v) is 11.1. The Hall–Kier alpha value is -0.830. The van der Waals surface area contributed by atoms with Gasteiger partial charge in [-0.05, 0) is 99.7 Å². The average molecular weight is 403 g/mol. The van der Waals surface area contributed by atoms with E-state index in [2.05, 4.69) is 26.8 Å². The second kappa shape index (κ2) is 8.02. The molecule has 3 nitrogen and oxygen atoms in total. The van der Waals surface area contributed by atoms with Gasteiger partial charge in [-0.3, -0.25) is 4.79 Å². The summed E-state index contributed by atoms with van der Waals surface area (Å²) in [5.74, 6) is 3.43. The molecule has 0 aromatic carbocycles. The van der Waals surface area contributed by atoms with E-state index in [4.69, 9.17) is 4.74 Å². The maximum Gasteiger partial charge on any atom is 0.305 e. The molecular formula is C26H42O3. The summed E-state index contributed by atoms with van der Waals surface area (Å²) in [6, 6.07) is 0. The normalized spacial score (nSPS) is 44.9. The molecule has 0 radical (unpaired) electrons. The number of carbonyl (C=O) groups is 1. The number of ether oxygens (including phenoxy) is 1. The van der Waals surface area contributed by atoms with Crippen molar-refractivity contribution in [1.82, 2.24) is 0 Å². The number of rotatable bonds is 5. The Morgan fingerprint density at radius 2 is 2.03 bits per heavy atom. The Bertz CT molecular complexity index is 654. The van der Waals surface area contributed by atoms with E-state index in [-0.39, 0.29) is 17.5 Å². The van der Waals surface area contributed by atoms with E-state index in [9.17, 15) is 9.90 Å². The first kappa shape index (κ1) is 21.4. The number of aliphatic hydroxyl groups excluding tert-OH is 1. The lowest BCUT2D eigenvalue weighted by molar-refractivity contribution is -0.143. The van der Waals surface area contributed by atoms with Gasteiger partial charge < -0.3 is 9.84 Å². The van der Waals surface area contributed by atoms with Crippen LogP contribution in [0.1, 0.15) is 91.9 Å². The number of esters is 1. The monoisotopic (exact) mass is 402 g/mol. The van der Waals surface area contributed by atoms with Crippen LogP contribution in [-0.4, -0.2) is 23.8 Å². The van der Waals surface area contributed by atoms with Crippen LogP contribution in [0, 0.1) is 40.4 Å². The van der Waals surface area contributed by atoms with Crippen LogP contribution in [-0.2, 0) is 9.53 Å². The maximum absolute atomic E-state index is 11.9. The fourth-order valence-corrected chi connectivity index (χ4v) is 8.47. The molecule has 164 valence electrons. The molecule has 0 heterocycles. The Kier molecular flexibility index (Phi) is 5.92. The van der Waals surface area contributed by atoms with Crippen LogP contribution in [0.25, 0.3) is 0 Å². The van der Waals surface area contributed by atoms with E-state index in [1.165, 1.54) is 38.5 Å². The van der Waals surface area contributed by atoms with E-state index >= 15 is 0 Å². The van der Waals surface area contributed by atoms with E-state index < -0.39 is 0 Å². The Morgan fingerprint density at radius 1 is 1.24 bits per heavy atom. The van der Waals surface area contributed by atoms with Crippen molar-refractivity contribution in [2.24, 2.45) is 40.4 Å². The highest BCUT2D eigenvalue weighted by atomic mass is 16.5. The van der Waals surface area contributed by atoms with Gasteiger partial charge in [0.1, 0.15) is 0 Å². The first-order valence-corrected chi connectivity index (χ1v) is 12.4. The van der Waals surface area contributed by atoms with Gasteiger partial charge in [0.2, 0.25) is 0 Å².